The summed E-state index contributed by atoms with van der Waals surface area (Å²) in [5, 5.41) is 0. The average molecular weight is 350 g/mol. The normalized spacial score (nSPS) is 34.5. The van der Waals surface area contributed by atoms with Crippen LogP contribution in [0.25, 0.3) is 0 Å². The highest BCUT2D eigenvalue weighted by Gasteiger charge is 2.64. The number of ether oxygens (including phenoxy) is 4. The third kappa shape index (κ3) is 2.86. The molecule has 1 saturated heterocycles. The Bertz CT molecular complexity index is 673. The smallest absolute Gasteiger partial charge is 0.316 e. The van der Waals surface area contributed by atoms with Gasteiger partial charge in [-0.15, -0.1) is 0 Å². The van der Waals surface area contributed by atoms with Crippen LogP contribution in [0.3, 0.4) is 0 Å². The molecule has 0 aromatic heterocycles. The zero-order valence-corrected chi connectivity index (χ0v) is 15.6. The van der Waals surface area contributed by atoms with Gasteiger partial charge in [-0.3, -0.25) is 9.59 Å². The lowest BCUT2D eigenvalue weighted by Crippen LogP contribution is -2.53. The highest BCUT2D eigenvalue weighted by atomic mass is 16.7. The van der Waals surface area contributed by atoms with Gasteiger partial charge in [0.1, 0.15) is 17.8 Å². The molecule has 6 heteroatoms. The van der Waals surface area contributed by atoms with Crippen molar-refractivity contribution < 1.29 is 28.5 Å². The van der Waals surface area contributed by atoms with Crippen molar-refractivity contribution in [3.63, 3.8) is 0 Å². The van der Waals surface area contributed by atoms with Gasteiger partial charge in [-0.05, 0) is 38.3 Å². The summed E-state index contributed by atoms with van der Waals surface area (Å²) >= 11 is 0. The van der Waals surface area contributed by atoms with Crippen LogP contribution in [0.2, 0.25) is 0 Å². The van der Waals surface area contributed by atoms with Crippen molar-refractivity contribution in [3.05, 3.63) is 23.0 Å². The van der Waals surface area contributed by atoms with Gasteiger partial charge in [-0.25, -0.2) is 0 Å². The van der Waals surface area contributed by atoms with E-state index in [0.717, 1.165) is 16.9 Å². The molecule has 0 bridgehead atoms. The van der Waals surface area contributed by atoms with Crippen LogP contribution >= 0.6 is 0 Å². The van der Waals surface area contributed by atoms with Crippen molar-refractivity contribution in [1.29, 1.82) is 0 Å². The molecule has 0 unspecified atom stereocenters. The molecule has 0 amide bonds. The quantitative estimate of drug-likeness (QED) is 0.575. The molecule has 0 radical (unpaired) electrons. The largest absolute Gasteiger partial charge is 0.467 e. The Hall–Kier alpha value is -1.82. The number of hydrogen-bond donors (Lipinski definition) is 0. The van der Waals surface area contributed by atoms with Crippen molar-refractivity contribution in [3.8, 4) is 0 Å². The van der Waals surface area contributed by atoms with Gasteiger partial charge in [-0.2, -0.15) is 0 Å². The van der Waals surface area contributed by atoms with E-state index in [2.05, 4.69) is 0 Å². The number of esters is 2. The topological polar surface area (TPSA) is 71.1 Å². The maximum atomic E-state index is 12.6. The number of carbonyl (C=O) groups is 2. The molecule has 3 aliphatic rings. The first-order chi connectivity index (χ1) is 11.6. The fourth-order valence-corrected chi connectivity index (χ4v) is 3.77. The molecule has 6 nitrogen and oxygen atoms in total. The van der Waals surface area contributed by atoms with E-state index >= 15 is 0 Å². The van der Waals surface area contributed by atoms with E-state index in [9.17, 15) is 9.59 Å². The van der Waals surface area contributed by atoms with Gasteiger partial charge in [0, 0.05) is 20.3 Å². The lowest BCUT2D eigenvalue weighted by Gasteiger charge is -2.42. The molecular formula is C19H26O6. The van der Waals surface area contributed by atoms with Crippen LogP contribution in [-0.2, 0) is 28.5 Å². The Kier molecular flexibility index (Phi) is 4.22. The Labute approximate surface area is 148 Å². The minimum atomic E-state index is -1.02. The molecule has 25 heavy (non-hydrogen) atoms. The third-order valence-electron chi connectivity index (χ3n) is 5.58. The van der Waals surface area contributed by atoms with Crippen LogP contribution in [0.5, 0.6) is 0 Å². The molecular weight excluding hydrogens is 324 g/mol. The van der Waals surface area contributed by atoms with E-state index < -0.39 is 16.8 Å². The van der Waals surface area contributed by atoms with Crippen LogP contribution in [0, 0.1) is 5.41 Å². The van der Waals surface area contributed by atoms with Gasteiger partial charge >= 0.3 is 11.9 Å². The molecule has 0 saturated carbocycles. The molecule has 3 aliphatic heterocycles. The van der Waals surface area contributed by atoms with E-state index in [-0.39, 0.29) is 25.0 Å². The highest BCUT2D eigenvalue weighted by molar-refractivity contribution is 5.84. The molecule has 3 heterocycles. The SMILES string of the molecule is CC1=CCC(=O)O[C@@]12COC(=O)[C@@]2(C)CCC1=C(C)COC(C)(C)O1. The monoisotopic (exact) mass is 350 g/mol. The van der Waals surface area contributed by atoms with Gasteiger partial charge in [0.05, 0.1) is 13.0 Å². The van der Waals surface area contributed by atoms with E-state index in [1.54, 1.807) is 0 Å². The number of hydrogen-bond acceptors (Lipinski definition) is 6. The summed E-state index contributed by atoms with van der Waals surface area (Å²) in [6, 6.07) is 0. The zero-order chi connectivity index (χ0) is 18.5. The summed E-state index contributed by atoms with van der Waals surface area (Å²) < 4.78 is 22.6. The maximum absolute atomic E-state index is 12.6. The van der Waals surface area contributed by atoms with Crippen LogP contribution in [0.1, 0.15) is 53.9 Å². The van der Waals surface area contributed by atoms with Crippen molar-refractivity contribution in [2.24, 2.45) is 5.41 Å². The van der Waals surface area contributed by atoms with Crippen LogP contribution in [0.15, 0.2) is 23.0 Å². The van der Waals surface area contributed by atoms with Crippen LogP contribution < -0.4 is 0 Å². The van der Waals surface area contributed by atoms with Gasteiger partial charge in [-0.1, -0.05) is 6.08 Å². The van der Waals surface area contributed by atoms with E-state index in [0.29, 0.717) is 19.4 Å². The average Bonchev–Trinajstić information content (AvgIpc) is 2.78. The first-order valence-electron chi connectivity index (χ1n) is 8.68. The van der Waals surface area contributed by atoms with E-state index in [4.69, 9.17) is 18.9 Å². The van der Waals surface area contributed by atoms with E-state index in [1.165, 1.54) is 0 Å². The summed E-state index contributed by atoms with van der Waals surface area (Å²) in [4.78, 5) is 24.5. The molecule has 1 fully saturated rings. The van der Waals surface area contributed by atoms with Crippen LogP contribution in [-0.4, -0.2) is 36.5 Å². The summed E-state index contributed by atoms with van der Waals surface area (Å²) in [7, 11) is 0. The van der Waals surface area contributed by atoms with Gasteiger partial charge in [0.2, 0.25) is 5.79 Å². The summed E-state index contributed by atoms with van der Waals surface area (Å²) in [6.45, 7) is 9.97. The highest BCUT2D eigenvalue weighted by Crippen LogP contribution is 2.51. The molecule has 1 spiro atoms. The van der Waals surface area contributed by atoms with Crippen LogP contribution in [0.4, 0.5) is 0 Å². The zero-order valence-electron chi connectivity index (χ0n) is 15.6. The molecule has 2 atom stereocenters. The van der Waals surface area contributed by atoms with E-state index in [1.807, 2.05) is 40.7 Å². The number of carbonyl (C=O) groups excluding carboxylic acids is 2. The Morgan fingerprint density at radius 3 is 2.56 bits per heavy atom. The second-order valence-corrected chi connectivity index (χ2v) is 7.79. The molecule has 3 rings (SSSR count). The summed E-state index contributed by atoms with van der Waals surface area (Å²) in [5.74, 6) is -0.513. The predicted octanol–water partition coefficient (Wildman–Crippen LogP) is 3.02. The van der Waals surface area contributed by atoms with Gasteiger partial charge in [0.25, 0.3) is 0 Å². The van der Waals surface area contributed by atoms with Crippen molar-refractivity contribution in [2.75, 3.05) is 13.2 Å². The maximum Gasteiger partial charge on any atom is 0.316 e. The molecule has 0 aromatic rings. The molecule has 0 aromatic carbocycles. The fourth-order valence-electron chi connectivity index (χ4n) is 3.77. The molecule has 0 aliphatic carbocycles. The number of rotatable bonds is 3. The first-order valence-corrected chi connectivity index (χ1v) is 8.68. The summed E-state index contributed by atoms with van der Waals surface area (Å²) in [5.41, 5.74) is -0.0762. The second-order valence-electron chi connectivity index (χ2n) is 7.79. The van der Waals surface area contributed by atoms with Crippen molar-refractivity contribution in [2.45, 2.75) is 65.3 Å². The Morgan fingerprint density at radius 2 is 1.84 bits per heavy atom. The standard InChI is InChI=1S/C19H26O6/c1-12-10-23-17(3,4)24-14(12)8-9-18(5)16(21)22-11-19(18)13(2)6-7-15(20)25-19/h6H,7-11H2,1-5H3/t18-,19+/m1/s1. The molecule has 0 N–H and O–H groups in total. The fraction of sp³-hybridized carbons (Fsp3) is 0.684. The third-order valence-corrected chi connectivity index (χ3v) is 5.58. The predicted molar refractivity (Wildman–Crippen MR) is 89.3 cm³/mol. The Balaban J connectivity index is 1.87. The Morgan fingerprint density at radius 1 is 1.12 bits per heavy atom. The van der Waals surface area contributed by atoms with Crippen molar-refractivity contribution in [1.82, 2.24) is 0 Å². The minimum absolute atomic E-state index is 0.0733. The number of allylic oxidation sites excluding steroid dienone is 1. The lowest BCUT2D eigenvalue weighted by molar-refractivity contribution is -0.202. The number of cyclic esters (lactones) is 1. The second kappa shape index (κ2) is 5.87. The van der Waals surface area contributed by atoms with Gasteiger partial charge in [0.15, 0.2) is 5.60 Å². The van der Waals surface area contributed by atoms with Crippen molar-refractivity contribution >= 4 is 11.9 Å². The summed E-state index contributed by atoms with van der Waals surface area (Å²) in [6.07, 6.45) is 3.09. The first kappa shape index (κ1) is 18.0. The molecule has 138 valence electrons. The minimum Gasteiger partial charge on any atom is -0.467 e. The van der Waals surface area contributed by atoms with Gasteiger partial charge < -0.3 is 18.9 Å². The lowest BCUT2D eigenvalue weighted by atomic mass is 9.67.